The topological polar surface area (TPSA) is 26.3 Å². The monoisotopic (exact) mass is 186 g/mol. The minimum atomic E-state index is -0.0663. The lowest BCUT2D eigenvalue weighted by Crippen LogP contribution is -2.09. The van der Waals surface area contributed by atoms with Crippen LogP contribution in [0, 0.1) is 5.92 Å². The molecule has 0 aromatic carbocycles. The Balaban J connectivity index is 3.56. The summed E-state index contributed by atoms with van der Waals surface area (Å²) in [5, 5.41) is 0. The Bertz CT molecular complexity index is 132. The van der Waals surface area contributed by atoms with E-state index in [1.54, 1.807) is 0 Å². The van der Waals surface area contributed by atoms with Crippen LogP contribution in [0.3, 0.4) is 0 Å². The zero-order chi connectivity index (χ0) is 10.1. The fourth-order valence-electron chi connectivity index (χ4n) is 1.45. The quantitative estimate of drug-likeness (QED) is 0.451. The second kappa shape index (κ2) is 8.09. The first kappa shape index (κ1) is 12.5. The molecule has 0 heterocycles. The van der Waals surface area contributed by atoms with Gasteiger partial charge in [-0.3, -0.25) is 4.79 Å². The zero-order valence-electron chi connectivity index (χ0n) is 9.14. The first-order valence-corrected chi connectivity index (χ1v) is 5.31. The number of hydrogen-bond donors (Lipinski definition) is 0. The van der Waals surface area contributed by atoms with Crippen molar-refractivity contribution >= 4 is 5.97 Å². The van der Waals surface area contributed by atoms with Crippen LogP contribution in [0.2, 0.25) is 0 Å². The van der Waals surface area contributed by atoms with Crippen molar-refractivity contribution in [1.82, 2.24) is 0 Å². The maximum absolute atomic E-state index is 11.0. The molecule has 1 unspecified atom stereocenters. The molecule has 0 rings (SSSR count). The summed E-state index contributed by atoms with van der Waals surface area (Å²) in [7, 11) is 1.46. The molecule has 0 bridgehead atoms. The van der Waals surface area contributed by atoms with Crippen LogP contribution in [0.5, 0.6) is 0 Å². The molecular formula is C11H22O2. The Morgan fingerprint density at radius 1 is 1.31 bits per heavy atom. The summed E-state index contributed by atoms with van der Waals surface area (Å²) >= 11 is 0. The molecule has 0 aliphatic carbocycles. The van der Waals surface area contributed by atoms with Gasteiger partial charge < -0.3 is 4.74 Å². The summed E-state index contributed by atoms with van der Waals surface area (Å²) in [4.78, 5) is 11.0. The first-order valence-electron chi connectivity index (χ1n) is 5.31. The lowest BCUT2D eigenvalue weighted by molar-refractivity contribution is -0.141. The first-order chi connectivity index (χ1) is 6.24. The van der Waals surface area contributed by atoms with Crippen LogP contribution in [0.25, 0.3) is 0 Å². The summed E-state index contributed by atoms with van der Waals surface area (Å²) in [6.07, 6.45) is 6.60. The molecule has 0 radical (unpaired) electrons. The van der Waals surface area contributed by atoms with Crippen LogP contribution in [-0.4, -0.2) is 13.1 Å². The number of hydrogen-bond acceptors (Lipinski definition) is 2. The standard InChI is InChI=1S/C11H22O2/c1-4-6-7-8-10(5-2)9-11(12)13-3/h10H,4-9H2,1-3H3. The number of methoxy groups -OCH3 is 1. The molecule has 13 heavy (non-hydrogen) atoms. The van der Waals surface area contributed by atoms with Gasteiger partial charge in [-0.2, -0.15) is 0 Å². The molecule has 0 aromatic rings. The molecule has 78 valence electrons. The van der Waals surface area contributed by atoms with Gasteiger partial charge in [-0.1, -0.05) is 39.5 Å². The minimum Gasteiger partial charge on any atom is -0.469 e. The molecule has 0 saturated heterocycles. The molecular weight excluding hydrogens is 164 g/mol. The van der Waals surface area contributed by atoms with E-state index < -0.39 is 0 Å². The van der Waals surface area contributed by atoms with E-state index in [0.717, 1.165) is 6.42 Å². The number of carbonyl (C=O) groups is 1. The molecule has 0 N–H and O–H groups in total. The van der Waals surface area contributed by atoms with Gasteiger partial charge in [-0.05, 0) is 12.3 Å². The third-order valence-electron chi connectivity index (χ3n) is 2.48. The third kappa shape index (κ3) is 6.62. The summed E-state index contributed by atoms with van der Waals surface area (Å²) in [6.45, 7) is 4.33. The van der Waals surface area contributed by atoms with Crippen LogP contribution >= 0.6 is 0 Å². The highest BCUT2D eigenvalue weighted by atomic mass is 16.5. The lowest BCUT2D eigenvalue weighted by atomic mass is 9.95. The van der Waals surface area contributed by atoms with Gasteiger partial charge in [0.2, 0.25) is 0 Å². The smallest absolute Gasteiger partial charge is 0.305 e. The molecule has 0 aromatic heterocycles. The number of carbonyl (C=O) groups excluding carboxylic acids is 1. The average molecular weight is 186 g/mol. The van der Waals surface area contributed by atoms with Gasteiger partial charge >= 0.3 is 5.97 Å². The molecule has 0 amide bonds. The number of esters is 1. The Hall–Kier alpha value is -0.530. The largest absolute Gasteiger partial charge is 0.469 e. The second-order valence-electron chi connectivity index (χ2n) is 3.55. The van der Waals surface area contributed by atoms with Gasteiger partial charge in [-0.15, -0.1) is 0 Å². The fourth-order valence-corrected chi connectivity index (χ4v) is 1.45. The molecule has 0 spiro atoms. The van der Waals surface area contributed by atoms with Gasteiger partial charge in [-0.25, -0.2) is 0 Å². The van der Waals surface area contributed by atoms with Crippen LogP contribution in [-0.2, 0) is 9.53 Å². The number of rotatable bonds is 7. The van der Waals surface area contributed by atoms with Crippen molar-refractivity contribution in [3.63, 3.8) is 0 Å². The van der Waals surface area contributed by atoms with Crippen molar-refractivity contribution in [3.05, 3.63) is 0 Å². The van der Waals surface area contributed by atoms with Gasteiger partial charge in [0.05, 0.1) is 7.11 Å². The molecule has 2 heteroatoms. The maximum Gasteiger partial charge on any atom is 0.305 e. The van der Waals surface area contributed by atoms with Crippen molar-refractivity contribution in [3.8, 4) is 0 Å². The van der Waals surface area contributed by atoms with Crippen molar-refractivity contribution in [2.45, 2.75) is 52.4 Å². The normalized spacial score (nSPS) is 12.5. The molecule has 0 saturated carbocycles. The van der Waals surface area contributed by atoms with Crippen LogP contribution in [0.1, 0.15) is 52.4 Å². The van der Waals surface area contributed by atoms with Crippen molar-refractivity contribution in [2.75, 3.05) is 7.11 Å². The molecule has 1 atom stereocenters. The van der Waals surface area contributed by atoms with E-state index in [-0.39, 0.29) is 5.97 Å². The molecule has 0 aliphatic heterocycles. The van der Waals surface area contributed by atoms with Crippen molar-refractivity contribution < 1.29 is 9.53 Å². The van der Waals surface area contributed by atoms with Crippen molar-refractivity contribution in [2.24, 2.45) is 5.92 Å². The number of ether oxygens (including phenoxy) is 1. The highest BCUT2D eigenvalue weighted by molar-refractivity contribution is 5.69. The van der Waals surface area contributed by atoms with E-state index in [0.29, 0.717) is 12.3 Å². The Kier molecular flexibility index (Phi) is 7.76. The summed E-state index contributed by atoms with van der Waals surface area (Å²) < 4.78 is 4.65. The summed E-state index contributed by atoms with van der Waals surface area (Å²) in [5.41, 5.74) is 0. The van der Waals surface area contributed by atoms with Crippen LogP contribution < -0.4 is 0 Å². The minimum absolute atomic E-state index is 0.0663. The van der Waals surface area contributed by atoms with Gasteiger partial charge in [0.1, 0.15) is 0 Å². The predicted molar refractivity (Wildman–Crippen MR) is 54.6 cm³/mol. The van der Waals surface area contributed by atoms with E-state index >= 15 is 0 Å². The Labute approximate surface area is 81.7 Å². The van der Waals surface area contributed by atoms with Gasteiger partial charge in [0, 0.05) is 6.42 Å². The van der Waals surface area contributed by atoms with Gasteiger partial charge in [0.15, 0.2) is 0 Å². The lowest BCUT2D eigenvalue weighted by Gasteiger charge is -2.12. The van der Waals surface area contributed by atoms with Gasteiger partial charge in [0.25, 0.3) is 0 Å². The molecule has 2 nitrogen and oxygen atoms in total. The fraction of sp³-hybridized carbons (Fsp3) is 0.909. The number of unbranched alkanes of at least 4 members (excludes halogenated alkanes) is 2. The Morgan fingerprint density at radius 3 is 2.46 bits per heavy atom. The predicted octanol–water partition coefficient (Wildman–Crippen LogP) is 3.16. The highest BCUT2D eigenvalue weighted by Crippen LogP contribution is 2.17. The highest BCUT2D eigenvalue weighted by Gasteiger charge is 2.11. The zero-order valence-corrected chi connectivity index (χ0v) is 9.14. The summed E-state index contributed by atoms with van der Waals surface area (Å²) in [5.74, 6) is 0.461. The van der Waals surface area contributed by atoms with E-state index in [2.05, 4.69) is 18.6 Å². The van der Waals surface area contributed by atoms with E-state index in [1.807, 2.05) is 0 Å². The van der Waals surface area contributed by atoms with E-state index in [4.69, 9.17) is 0 Å². The molecule has 0 fully saturated rings. The van der Waals surface area contributed by atoms with E-state index in [1.165, 1.54) is 32.8 Å². The molecule has 0 aliphatic rings. The SMILES string of the molecule is CCCCCC(CC)CC(=O)OC. The maximum atomic E-state index is 11.0. The second-order valence-corrected chi connectivity index (χ2v) is 3.55. The Morgan fingerprint density at radius 2 is 2.00 bits per heavy atom. The van der Waals surface area contributed by atoms with E-state index in [9.17, 15) is 4.79 Å². The third-order valence-corrected chi connectivity index (χ3v) is 2.48. The summed E-state index contributed by atoms with van der Waals surface area (Å²) in [6, 6.07) is 0. The average Bonchev–Trinajstić information content (AvgIpc) is 2.16. The van der Waals surface area contributed by atoms with Crippen LogP contribution in [0.15, 0.2) is 0 Å². The van der Waals surface area contributed by atoms with Crippen LogP contribution in [0.4, 0.5) is 0 Å². The van der Waals surface area contributed by atoms with Crippen molar-refractivity contribution in [1.29, 1.82) is 0 Å².